The highest BCUT2D eigenvalue weighted by atomic mass is 19.2. The molecular formula is C14H9F3N2O3. The Balaban J connectivity index is 2.28. The number of hydrogen-bond donors (Lipinski definition) is 1. The minimum Gasteiger partial charge on any atom is -0.322 e. The molecule has 1 N–H and O–H groups in total. The topological polar surface area (TPSA) is 72.2 Å². The van der Waals surface area contributed by atoms with Gasteiger partial charge in [-0.2, -0.15) is 0 Å². The monoisotopic (exact) mass is 310 g/mol. The molecule has 0 saturated heterocycles. The zero-order valence-corrected chi connectivity index (χ0v) is 11.2. The molecule has 0 unspecified atom stereocenters. The predicted molar refractivity (Wildman–Crippen MR) is 72.1 cm³/mol. The van der Waals surface area contributed by atoms with Crippen molar-refractivity contribution in [1.82, 2.24) is 0 Å². The highest BCUT2D eigenvalue weighted by Crippen LogP contribution is 2.23. The predicted octanol–water partition coefficient (Wildman–Crippen LogP) is 3.57. The van der Waals surface area contributed by atoms with Gasteiger partial charge in [0.15, 0.2) is 17.5 Å². The van der Waals surface area contributed by atoms with E-state index < -0.39 is 33.8 Å². The maximum atomic E-state index is 13.5. The Hall–Kier alpha value is -2.90. The van der Waals surface area contributed by atoms with E-state index in [2.05, 4.69) is 5.32 Å². The Morgan fingerprint density at radius 3 is 2.41 bits per heavy atom. The van der Waals surface area contributed by atoms with E-state index in [0.717, 1.165) is 6.07 Å². The molecule has 22 heavy (non-hydrogen) atoms. The van der Waals surface area contributed by atoms with Gasteiger partial charge in [-0.3, -0.25) is 14.9 Å². The number of nitro benzene ring substituents is 1. The van der Waals surface area contributed by atoms with Crippen LogP contribution in [0.3, 0.4) is 0 Å². The number of carbonyl (C=O) groups excluding carboxylic acids is 1. The molecule has 0 spiro atoms. The highest BCUT2D eigenvalue weighted by molar-refractivity contribution is 6.04. The number of nitrogens with one attached hydrogen (secondary N) is 1. The van der Waals surface area contributed by atoms with Gasteiger partial charge in [-0.15, -0.1) is 0 Å². The maximum Gasteiger partial charge on any atom is 0.272 e. The molecule has 0 atom stereocenters. The van der Waals surface area contributed by atoms with Crippen molar-refractivity contribution in [1.29, 1.82) is 0 Å². The van der Waals surface area contributed by atoms with Crippen LogP contribution in [-0.4, -0.2) is 10.8 Å². The standard InChI is InChI=1S/C14H9F3N2O3/c1-7-6-8(2-5-11(7)19(21)22)18-14(20)9-3-4-10(15)13(17)12(9)16/h2-6H,1H3,(H,18,20). The fourth-order valence-corrected chi connectivity index (χ4v) is 1.84. The van der Waals surface area contributed by atoms with Gasteiger partial charge in [0.1, 0.15) is 0 Å². The number of halogens is 3. The lowest BCUT2D eigenvalue weighted by atomic mass is 10.1. The summed E-state index contributed by atoms with van der Waals surface area (Å²) in [5.41, 5.74) is -0.363. The van der Waals surface area contributed by atoms with Gasteiger partial charge in [0.05, 0.1) is 10.5 Å². The molecule has 0 aromatic heterocycles. The third kappa shape index (κ3) is 2.90. The van der Waals surface area contributed by atoms with Crippen LogP contribution in [0.5, 0.6) is 0 Å². The van der Waals surface area contributed by atoms with E-state index >= 15 is 0 Å². The third-order valence-electron chi connectivity index (χ3n) is 2.93. The Morgan fingerprint density at radius 1 is 1.14 bits per heavy atom. The minimum atomic E-state index is -1.74. The summed E-state index contributed by atoms with van der Waals surface area (Å²) in [5, 5.41) is 12.9. The normalized spacial score (nSPS) is 10.4. The second kappa shape index (κ2) is 5.84. The first-order valence-corrected chi connectivity index (χ1v) is 6.01. The lowest BCUT2D eigenvalue weighted by molar-refractivity contribution is -0.385. The van der Waals surface area contributed by atoms with Crippen LogP contribution in [0.1, 0.15) is 15.9 Å². The largest absolute Gasteiger partial charge is 0.322 e. The van der Waals surface area contributed by atoms with Crippen LogP contribution in [0.4, 0.5) is 24.5 Å². The molecule has 5 nitrogen and oxygen atoms in total. The van der Waals surface area contributed by atoms with Crippen molar-refractivity contribution < 1.29 is 22.9 Å². The molecule has 0 saturated carbocycles. The van der Waals surface area contributed by atoms with Crippen LogP contribution in [0, 0.1) is 34.5 Å². The van der Waals surface area contributed by atoms with E-state index in [1.807, 2.05) is 0 Å². The molecule has 1 amide bonds. The number of benzene rings is 2. The van der Waals surface area contributed by atoms with Crippen molar-refractivity contribution in [2.24, 2.45) is 0 Å². The summed E-state index contributed by atoms with van der Waals surface area (Å²) in [7, 11) is 0. The van der Waals surface area contributed by atoms with Crippen LogP contribution >= 0.6 is 0 Å². The van der Waals surface area contributed by atoms with Crippen LogP contribution in [-0.2, 0) is 0 Å². The Bertz CT molecular complexity index is 778. The van der Waals surface area contributed by atoms with Gasteiger partial charge in [0, 0.05) is 17.3 Å². The number of carbonyl (C=O) groups is 1. The molecule has 0 bridgehead atoms. The fourth-order valence-electron chi connectivity index (χ4n) is 1.84. The summed E-state index contributed by atoms with van der Waals surface area (Å²) in [5.74, 6) is -5.74. The first-order chi connectivity index (χ1) is 10.3. The molecule has 0 aliphatic carbocycles. The first kappa shape index (κ1) is 15.5. The number of rotatable bonds is 3. The van der Waals surface area contributed by atoms with Crippen molar-refractivity contribution in [2.75, 3.05) is 5.32 Å². The van der Waals surface area contributed by atoms with Crippen molar-refractivity contribution in [3.63, 3.8) is 0 Å². The van der Waals surface area contributed by atoms with E-state index in [1.165, 1.54) is 25.1 Å². The number of anilines is 1. The summed E-state index contributed by atoms with van der Waals surface area (Å²) in [6.07, 6.45) is 0. The van der Waals surface area contributed by atoms with E-state index in [1.54, 1.807) is 0 Å². The lowest BCUT2D eigenvalue weighted by Crippen LogP contribution is -2.15. The number of aryl methyl sites for hydroxylation is 1. The van der Waals surface area contributed by atoms with Gasteiger partial charge >= 0.3 is 0 Å². The molecule has 114 valence electrons. The van der Waals surface area contributed by atoms with Gasteiger partial charge in [-0.25, -0.2) is 13.2 Å². The lowest BCUT2D eigenvalue weighted by Gasteiger charge is -2.08. The van der Waals surface area contributed by atoms with Crippen LogP contribution in [0.25, 0.3) is 0 Å². The van der Waals surface area contributed by atoms with Crippen LogP contribution in [0.2, 0.25) is 0 Å². The highest BCUT2D eigenvalue weighted by Gasteiger charge is 2.19. The first-order valence-electron chi connectivity index (χ1n) is 6.01. The summed E-state index contributed by atoms with van der Waals surface area (Å²) in [4.78, 5) is 21.9. The van der Waals surface area contributed by atoms with E-state index in [-0.39, 0.29) is 16.9 Å². The van der Waals surface area contributed by atoms with Crippen LogP contribution in [0.15, 0.2) is 30.3 Å². The molecule has 0 aliphatic heterocycles. The van der Waals surface area contributed by atoms with Crippen molar-refractivity contribution in [2.45, 2.75) is 6.92 Å². The van der Waals surface area contributed by atoms with Gasteiger partial charge in [0.25, 0.3) is 11.6 Å². The average Bonchev–Trinajstić information content (AvgIpc) is 2.44. The second-order valence-corrected chi connectivity index (χ2v) is 4.44. The van der Waals surface area contributed by atoms with E-state index in [9.17, 15) is 28.1 Å². The van der Waals surface area contributed by atoms with Gasteiger partial charge < -0.3 is 5.32 Å². The summed E-state index contributed by atoms with van der Waals surface area (Å²) >= 11 is 0. The smallest absolute Gasteiger partial charge is 0.272 e. The molecule has 0 fully saturated rings. The zero-order chi connectivity index (χ0) is 16.4. The molecule has 2 aromatic carbocycles. The number of amides is 1. The van der Waals surface area contributed by atoms with E-state index in [0.29, 0.717) is 6.07 Å². The molecule has 2 rings (SSSR count). The molecule has 0 heterocycles. The van der Waals surface area contributed by atoms with Gasteiger partial charge in [-0.05, 0) is 31.2 Å². The van der Waals surface area contributed by atoms with Crippen molar-refractivity contribution >= 4 is 17.3 Å². The number of hydrogen-bond acceptors (Lipinski definition) is 3. The summed E-state index contributed by atoms with van der Waals surface area (Å²) < 4.78 is 39.4. The molecular weight excluding hydrogens is 301 g/mol. The Labute approximate surface area is 122 Å². The van der Waals surface area contributed by atoms with Crippen LogP contribution < -0.4 is 5.32 Å². The quantitative estimate of drug-likeness (QED) is 0.535. The van der Waals surface area contributed by atoms with Gasteiger partial charge in [0.2, 0.25) is 0 Å². The SMILES string of the molecule is Cc1cc(NC(=O)c2ccc(F)c(F)c2F)ccc1[N+](=O)[O-]. The Morgan fingerprint density at radius 2 is 1.82 bits per heavy atom. The molecule has 0 radical (unpaired) electrons. The molecule has 8 heteroatoms. The third-order valence-corrected chi connectivity index (χ3v) is 2.93. The van der Waals surface area contributed by atoms with Crippen molar-refractivity contribution in [3.05, 3.63) is 69.0 Å². The van der Waals surface area contributed by atoms with Gasteiger partial charge in [-0.1, -0.05) is 0 Å². The average molecular weight is 310 g/mol. The fraction of sp³-hybridized carbons (Fsp3) is 0.0714. The molecule has 2 aromatic rings. The molecule has 0 aliphatic rings. The second-order valence-electron chi connectivity index (χ2n) is 4.44. The summed E-state index contributed by atoms with van der Waals surface area (Å²) in [6, 6.07) is 5.18. The minimum absolute atomic E-state index is 0.142. The van der Waals surface area contributed by atoms with E-state index in [4.69, 9.17) is 0 Å². The van der Waals surface area contributed by atoms with Crippen molar-refractivity contribution in [3.8, 4) is 0 Å². The maximum absolute atomic E-state index is 13.5. The number of nitro groups is 1. The Kier molecular flexibility index (Phi) is 4.11. The summed E-state index contributed by atoms with van der Waals surface area (Å²) in [6.45, 7) is 1.46. The number of nitrogens with zero attached hydrogens (tertiary/aromatic N) is 1. The zero-order valence-electron chi connectivity index (χ0n) is 11.2.